The van der Waals surface area contributed by atoms with Gasteiger partial charge in [-0.1, -0.05) is 60.1 Å². The molecule has 3 amide bonds. The second kappa shape index (κ2) is 9.95. The fraction of sp³-hybridized carbons (Fsp3) is 0.111. The number of rotatable bonds is 7. The molecular weight excluding hydrogens is 466 g/mol. The van der Waals surface area contributed by atoms with E-state index in [2.05, 4.69) is 10.6 Å². The van der Waals surface area contributed by atoms with E-state index in [1.165, 1.54) is 6.92 Å². The number of aryl methyl sites for hydroxylation is 1. The van der Waals surface area contributed by atoms with Crippen LogP contribution in [0.25, 0.3) is 0 Å². The average Bonchev–Trinajstić information content (AvgIpc) is 3.04. The number of anilines is 2. The Kier molecular flexibility index (Phi) is 6.80. The van der Waals surface area contributed by atoms with Crippen LogP contribution in [0.1, 0.15) is 38.8 Å². The summed E-state index contributed by atoms with van der Waals surface area (Å²) in [5, 5.41) is 5.51. The zero-order valence-electron chi connectivity index (χ0n) is 19.1. The maximum Gasteiger partial charge on any atom is 0.279 e. The number of imide groups is 1. The molecule has 0 unspecified atom stereocenters. The van der Waals surface area contributed by atoms with Crippen LogP contribution in [0.3, 0.4) is 0 Å². The van der Waals surface area contributed by atoms with E-state index < -0.39 is 17.7 Å². The van der Waals surface area contributed by atoms with E-state index in [-0.39, 0.29) is 23.1 Å². The van der Waals surface area contributed by atoms with Crippen LogP contribution in [0.5, 0.6) is 0 Å². The molecule has 0 aliphatic carbocycles. The maximum absolute atomic E-state index is 13.0. The van der Waals surface area contributed by atoms with Gasteiger partial charge in [0.05, 0.1) is 6.54 Å². The van der Waals surface area contributed by atoms with E-state index in [1.807, 2.05) is 30.3 Å². The number of benzene rings is 3. The van der Waals surface area contributed by atoms with Crippen LogP contribution in [-0.4, -0.2) is 28.4 Å². The zero-order chi connectivity index (χ0) is 25.1. The first-order chi connectivity index (χ1) is 16.7. The van der Waals surface area contributed by atoms with Crippen LogP contribution in [0.2, 0.25) is 0 Å². The van der Waals surface area contributed by atoms with Gasteiger partial charge < -0.3 is 10.6 Å². The molecule has 0 aromatic heterocycles. The van der Waals surface area contributed by atoms with Crippen molar-refractivity contribution < 1.29 is 19.2 Å². The summed E-state index contributed by atoms with van der Waals surface area (Å²) in [6, 6.07) is 20.7. The molecule has 3 aromatic rings. The molecule has 4 rings (SSSR count). The molecule has 0 bridgehead atoms. The Bertz CT molecular complexity index is 1380. The SMILES string of the molecule is CC(=O)c1cccc(NC(=O)c2ccc(C)c(NC3=C(Cl)C(=O)N(Cc4ccccc4)C3=O)c2)c1. The summed E-state index contributed by atoms with van der Waals surface area (Å²) in [5.74, 6) is -1.63. The summed E-state index contributed by atoms with van der Waals surface area (Å²) < 4.78 is 0. The minimum atomic E-state index is -0.583. The number of nitrogens with zero attached hydrogens (tertiary/aromatic N) is 1. The van der Waals surface area contributed by atoms with Gasteiger partial charge in [0.1, 0.15) is 10.7 Å². The Labute approximate surface area is 207 Å². The minimum Gasteiger partial charge on any atom is -0.349 e. The summed E-state index contributed by atoms with van der Waals surface area (Å²) in [6.45, 7) is 3.35. The third kappa shape index (κ3) is 5.15. The van der Waals surface area contributed by atoms with Crippen molar-refractivity contribution in [1.82, 2.24) is 4.90 Å². The van der Waals surface area contributed by atoms with E-state index in [4.69, 9.17) is 11.6 Å². The van der Waals surface area contributed by atoms with Crippen LogP contribution in [0.15, 0.2) is 83.5 Å². The lowest BCUT2D eigenvalue weighted by Crippen LogP contribution is -2.31. The van der Waals surface area contributed by atoms with Gasteiger partial charge >= 0.3 is 0 Å². The van der Waals surface area contributed by atoms with Crippen LogP contribution in [0, 0.1) is 6.92 Å². The van der Waals surface area contributed by atoms with Crippen molar-refractivity contribution in [2.24, 2.45) is 0 Å². The van der Waals surface area contributed by atoms with Crippen molar-refractivity contribution in [3.05, 3.63) is 106 Å². The molecule has 0 saturated carbocycles. The molecule has 0 saturated heterocycles. The number of hydrogen-bond acceptors (Lipinski definition) is 5. The van der Waals surface area contributed by atoms with E-state index in [9.17, 15) is 19.2 Å². The molecule has 0 atom stereocenters. The van der Waals surface area contributed by atoms with Crippen molar-refractivity contribution in [1.29, 1.82) is 0 Å². The summed E-state index contributed by atoms with van der Waals surface area (Å²) in [4.78, 5) is 51.2. The van der Waals surface area contributed by atoms with Gasteiger partial charge in [0.25, 0.3) is 17.7 Å². The van der Waals surface area contributed by atoms with Crippen molar-refractivity contribution in [3.8, 4) is 0 Å². The van der Waals surface area contributed by atoms with Crippen LogP contribution in [0.4, 0.5) is 11.4 Å². The number of carbonyl (C=O) groups excluding carboxylic acids is 4. The Balaban J connectivity index is 1.53. The summed E-state index contributed by atoms with van der Waals surface area (Å²) in [7, 11) is 0. The van der Waals surface area contributed by atoms with Crippen molar-refractivity contribution in [2.75, 3.05) is 10.6 Å². The maximum atomic E-state index is 13.0. The lowest BCUT2D eigenvalue weighted by atomic mass is 10.1. The van der Waals surface area contributed by atoms with Crippen molar-refractivity contribution >= 4 is 46.5 Å². The number of Topliss-reactive ketones (excluding diaryl/α,β-unsaturated/α-hetero) is 1. The summed E-state index contributed by atoms with van der Waals surface area (Å²) in [6.07, 6.45) is 0. The first kappa shape index (κ1) is 23.9. The highest BCUT2D eigenvalue weighted by Gasteiger charge is 2.38. The van der Waals surface area contributed by atoms with Gasteiger partial charge in [-0.2, -0.15) is 0 Å². The fourth-order valence-corrected chi connectivity index (χ4v) is 3.85. The number of amides is 3. The van der Waals surface area contributed by atoms with Crippen LogP contribution >= 0.6 is 11.6 Å². The van der Waals surface area contributed by atoms with Crippen LogP contribution < -0.4 is 10.6 Å². The molecule has 2 N–H and O–H groups in total. The summed E-state index contributed by atoms with van der Waals surface area (Å²) in [5.41, 5.74) is 3.26. The number of ketones is 1. The lowest BCUT2D eigenvalue weighted by molar-refractivity contribution is -0.138. The monoisotopic (exact) mass is 487 g/mol. The third-order valence-corrected chi connectivity index (χ3v) is 5.93. The molecule has 35 heavy (non-hydrogen) atoms. The minimum absolute atomic E-state index is 0.0394. The molecule has 3 aromatic carbocycles. The van der Waals surface area contributed by atoms with Crippen LogP contribution in [-0.2, 0) is 16.1 Å². The molecule has 8 heteroatoms. The molecule has 1 heterocycles. The normalized spacial score (nSPS) is 13.3. The number of hydrogen-bond donors (Lipinski definition) is 2. The Morgan fingerprint density at radius 3 is 2.34 bits per heavy atom. The Morgan fingerprint density at radius 2 is 1.63 bits per heavy atom. The second-order valence-corrected chi connectivity index (χ2v) is 8.49. The molecule has 176 valence electrons. The van der Waals surface area contributed by atoms with Crippen molar-refractivity contribution in [3.63, 3.8) is 0 Å². The smallest absolute Gasteiger partial charge is 0.279 e. The van der Waals surface area contributed by atoms with Gasteiger partial charge in [0, 0.05) is 22.5 Å². The first-order valence-electron chi connectivity index (χ1n) is 10.8. The Morgan fingerprint density at radius 1 is 0.886 bits per heavy atom. The molecule has 1 aliphatic rings. The fourth-order valence-electron chi connectivity index (χ4n) is 3.62. The number of nitrogens with one attached hydrogen (secondary N) is 2. The predicted octanol–water partition coefficient (Wildman–Crippen LogP) is 4.88. The van der Waals surface area contributed by atoms with Crippen molar-refractivity contribution in [2.45, 2.75) is 20.4 Å². The van der Waals surface area contributed by atoms with Gasteiger partial charge in [-0.15, -0.1) is 0 Å². The number of halogens is 1. The standard InChI is InChI=1S/C27H22ClN3O4/c1-16-11-12-20(25(33)29-21-10-6-9-19(13-21)17(2)32)14-22(16)30-24-23(28)26(34)31(27(24)35)15-18-7-4-3-5-8-18/h3-14,30H,15H2,1-2H3,(H,29,33). The third-order valence-electron chi connectivity index (χ3n) is 5.58. The molecule has 7 nitrogen and oxygen atoms in total. The molecule has 0 spiro atoms. The van der Waals surface area contributed by atoms with Gasteiger partial charge in [-0.05, 0) is 49.2 Å². The topological polar surface area (TPSA) is 95.6 Å². The quantitative estimate of drug-likeness (QED) is 0.366. The zero-order valence-corrected chi connectivity index (χ0v) is 19.8. The highest BCUT2D eigenvalue weighted by molar-refractivity contribution is 6.48. The predicted molar refractivity (Wildman–Crippen MR) is 134 cm³/mol. The van der Waals surface area contributed by atoms with E-state index in [1.54, 1.807) is 49.4 Å². The second-order valence-electron chi connectivity index (χ2n) is 8.12. The van der Waals surface area contributed by atoms with Gasteiger partial charge in [0.2, 0.25) is 0 Å². The van der Waals surface area contributed by atoms with Gasteiger partial charge in [-0.25, -0.2) is 0 Å². The Hall–Kier alpha value is -4.23. The largest absolute Gasteiger partial charge is 0.349 e. The molecular formula is C27H22ClN3O4. The molecule has 1 aliphatic heterocycles. The van der Waals surface area contributed by atoms with Gasteiger partial charge in [0.15, 0.2) is 5.78 Å². The van der Waals surface area contributed by atoms with E-state index >= 15 is 0 Å². The van der Waals surface area contributed by atoms with Gasteiger partial charge in [-0.3, -0.25) is 24.1 Å². The average molecular weight is 488 g/mol. The summed E-state index contributed by atoms with van der Waals surface area (Å²) >= 11 is 6.24. The molecule has 0 fully saturated rings. The first-order valence-corrected chi connectivity index (χ1v) is 11.2. The number of carbonyl (C=O) groups is 4. The van der Waals surface area contributed by atoms with E-state index in [0.29, 0.717) is 22.5 Å². The van der Waals surface area contributed by atoms with E-state index in [0.717, 1.165) is 16.0 Å². The highest BCUT2D eigenvalue weighted by Crippen LogP contribution is 2.29. The molecule has 0 radical (unpaired) electrons. The highest BCUT2D eigenvalue weighted by atomic mass is 35.5. The lowest BCUT2D eigenvalue weighted by Gasteiger charge is -2.16.